The predicted octanol–water partition coefficient (Wildman–Crippen LogP) is 1.88. The standard InChI is InChI=1S/C15H19N3O2S/c1-11-3-2-4-12(9-11)7-8-18-13-5-6-15(14(16)10-13)21(17,19)20/h2-6,9-10,18H,7-8,16H2,1H3,(H2,17,19,20). The van der Waals surface area contributed by atoms with Gasteiger partial charge in [-0.2, -0.15) is 0 Å². The number of sulfonamides is 1. The van der Waals surface area contributed by atoms with Crippen molar-refractivity contribution in [2.45, 2.75) is 18.2 Å². The van der Waals surface area contributed by atoms with E-state index >= 15 is 0 Å². The van der Waals surface area contributed by atoms with Crippen molar-refractivity contribution in [1.82, 2.24) is 0 Å². The van der Waals surface area contributed by atoms with E-state index in [4.69, 9.17) is 10.9 Å². The molecule has 2 aromatic rings. The largest absolute Gasteiger partial charge is 0.398 e. The Morgan fingerprint density at radius 1 is 1.14 bits per heavy atom. The SMILES string of the molecule is Cc1cccc(CCNc2ccc(S(N)(=O)=O)c(N)c2)c1. The van der Waals surface area contributed by atoms with Crippen LogP contribution in [0.2, 0.25) is 0 Å². The maximum absolute atomic E-state index is 11.3. The number of nitrogens with two attached hydrogens (primary N) is 2. The normalized spacial score (nSPS) is 11.3. The molecule has 0 saturated heterocycles. The summed E-state index contributed by atoms with van der Waals surface area (Å²) in [5.41, 5.74) is 9.11. The van der Waals surface area contributed by atoms with Crippen LogP contribution in [0.3, 0.4) is 0 Å². The number of hydrogen-bond donors (Lipinski definition) is 3. The van der Waals surface area contributed by atoms with Crippen LogP contribution in [0, 0.1) is 6.92 Å². The van der Waals surface area contributed by atoms with E-state index in [-0.39, 0.29) is 10.6 Å². The third-order valence-electron chi connectivity index (χ3n) is 3.14. The zero-order valence-corrected chi connectivity index (χ0v) is 12.7. The molecule has 0 radical (unpaired) electrons. The summed E-state index contributed by atoms with van der Waals surface area (Å²) in [6.45, 7) is 2.79. The van der Waals surface area contributed by atoms with E-state index in [0.29, 0.717) is 0 Å². The minimum absolute atomic E-state index is 0.0493. The van der Waals surface area contributed by atoms with Crippen molar-refractivity contribution in [3.05, 3.63) is 53.6 Å². The highest BCUT2D eigenvalue weighted by molar-refractivity contribution is 7.89. The van der Waals surface area contributed by atoms with Crippen LogP contribution in [0.4, 0.5) is 11.4 Å². The molecule has 6 heteroatoms. The first kappa shape index (κ1) is 15.3. The molecule has 0 aliphatic heterocycles. The summed E-state index contributed by atoms with van der Waals surface area (Å²) in [6, 6.07) is 13.0. The average molecular weight is 305 g/mol. The molecule has 0 aliphatic rings. The second kappa shape index (κ2) is 6.15. The molecule has 21 heavy (non-hydrogen) atoms. The molecule has 5 N–H and O–H groups in total. The fourth-order valence-electron chi connectivity index (χ4n) is 2.14. The van der Waals surface area contributed by atoms with Gasteiger partial charge in [-0.1, -0.05) is 29.8 Å². The van der Waals surface area contributed by atoms with Gasteiger partial charge in [-0.05, 0) is 37.1 Å². The van der Waals surface area contributed by atoms with Crippen LogP contribution in [0.5, 0.6) is 0 Å². The summed E-state index contributed by atoms with van der Waals surface area (Å²) in [6.07, 6.45) is 0.874. The van der Waals surface area contributed by atoms with Gasteiger partial charge >= 0.3 is 0 Å². The zero-order chi connectivity index (χ0) is 15.5. The van der Waals surface area contributed by atoms with Crippen LogP contribution in [0.15, 0.2) is 47.4 Å². The fourth-order valence-corrected chi connectivity index (χ4v) is 2.78. The summed E-state index contributed by atoms with van der Waals surface area (Å²) < 4.78 is 22.5. The van der Waals surface area contributed by atoms with Gasteiger partial charge in [0.05, 0.1) is 5.69 Å². The minimum Gasteiger partial charge on any atom is -0.398 e. The van der Waals surface area contributed by atoms with E-state index in [1.54, 1.807) is 12.1 Å². The van der Waals surface area contributed by atoms with E-state index < -0.39 is 10.0 Å². The lowest BCUT2D eigenvalue weighted by Crippen LogP contribution is -2.14. The highest BCUT2D eigenvalue weighted by Gasteiger charge is 2.11. The first-order chi connectivity index (χ1) is 9.86. The lowest BCUT2D eigenvalue weighted by atomic mass is 10.1. The molecule has 0 fully saturated rings. The molecule has 112 valence electrons. The average Bonchev–Trinajstić information content (AvgIpc) is 2.37. The van der Waals surface area contributed by atoms with Gasteiger partial charge in [0.15, 0.2) is 0 Å². The van der Waals surface area contributed by atoms with Crippen molar-refractivity contribution in [3.63, 3.8) is 0 Å². The van der Waals surface area contributed by atoms with Crippen LogP contribution in [-0.4, -0.2) is 15.0 Å². The molecular formula is C15H19N3O2S. The summed E-state index contributed by atoms with van der Waals surface area (Å²) in [5, 5.41) is 8.29. The van der Waals surface area contributed by atoms with Crippen LogP contribution in [0.25, 0.3) is 0 Å². The Morgan fingerprint density at radius 2 is 1.90 bits per heavy atom. The van der Waals surface area contributed by atoms with Crippen molar-refractivity contribution >= 4 is 21.4 Å². The summed E-state index contributed by atoms with van der Waals surface area (Å²) in [7, 11) is -3.77. The Kier molecular flexibility index (Phi) is 4.50. The van der Waals surface area contributed by atoms with Crippen molar-refractivity contribution < 1.29 is 8.42 Å². The second-order valence-corrected chi connectivity index (χ2v) is 6.49. The van der Waals surface area contributed by atoms with Crippen molar-refractivity contribution in [2.75, 3.05) is 17.6 Å². The molecule has 2 rings (SSSR count). The number of benzene rings is 2. The molecule has 0 aliphatic carbocycles. The third-order valence-corrected chi connectivity index (χ3v) is 4.13. The number of nitrogens with one attached hydrogen (secondary N) is 1. The number of anilines is 2. The van der Waals surface area contributed by atoms with Crippen LogP contribution in [-0.2, 0) is 16.4 Å². The number of primary sulfonamides is 1. The van der Waals surface area contributed by atoms with Gasteiger partial charge in [-0.25, -0.2) is 13.6 Å². The van der Waals surface area contributed by atoms with E-state index in [1.807, 2.05) is 6.07 Å². The molecule has 5 nitrogen and oxygen atoms in total. The Labute approximate surface area is 125 Å². The lowest BCUT2D eigenvalue weighted by Gasteiger charge is -2.09. The molecule has 0 saturated carbocycles. The van der Waals surface area contributed by atoms with E-state index in [9.17, 15) is 8.42 Å². The molecule has 0 spiro atoms. The van der Waals surface area contributed by atoms with Crippen LogP contribution >= 0.6 is 0 Å². The molecule has 0 heterocycles. The topological polar surface area (TPSA) is 98.2 Å². The highest BCUT2D eigenvalue weighted by Crippen LogP contribution is 2.21. The minimum atomic E-state index is -3.77. The van der Waals surface area contributed by atoms with E-state index in [0.717, 1.165) is 18.7 Å². The van der Waals surface area contributed by atoms with E-state index in [1.165, 1.54) is 17.2 Å². The smallest absolute Gasteiger partial charge is 0.240 e. The maximum Gasteiger partial charge on any atom is 0.240 e. The molecule has 0 aromatic heterocycles. The molecule has 0 unspecified atom stereocenters. The quantitative estimate of drug-likeness (QED) is 0.734. The van der Waals surface area contributed by atoms with Gasteiger partial charge in [0, 0.05) is 12.2 Å². The highest BCUT2D eigenvalue weighted by atomic mass is 32.2. The maximum atomic E-state index is 11.3. The number of hydrogen-bond acceptors (Lipinski definition) is 4. The molecular weight excluding hydrogens is 286 g/mol. The number of rotatable bonds is 5. The predicted molar refractivity (Wildman–Crippen MR) is 85.6 cm³/mol. The summed E-state index contributed by atoms with van der Waals surface area (Å²) in [4.78, 5) is -0.0493. The lowest BCUT2D eigenvalue weighted by molar-refractivity contribution is 0.598. The van der Waals surface area contributed by atoms with Crippen LogP contribution < -0.4 is 16.2 Å². The number of aryl methyl sites for hydroxylation is 1. The summed E-state index contributed by atoms with van der Waals surface area (Å²) in [5.74, 6) is 0. The van der Waals surface area contributed by atoms with Crippen molar-refractivity contribution in [2.24, 2.45) is 5.14 Å². The van der Waals surface area contributed by atoms with Gasteiger partial charge in [-0.3, -0.25) is 0 Å². The molecule has 0 amide bonds. The van der Waals surface area contributed by atoms with Gasteiger partial charge in [-0.15, -0.1) is 0 Å². The van der Waals surface area contributed by atoms with Crippen molar-refractivity contribution in [3.8, 4) is 0 Å². The zero-order valence-electron chi connectivity index (χ0n) is 11.8. The molecule has 0 bridgehead atoms. The third kappa shape index (κ3) is 4.21. The first-order valence-corrected chi connectivity index (χ1v) is 8.12. The van der Waals surface area contributed by atoms with Gasteiger partial charge < -0.3 is 11.1 Å². The Bertz CT molecular complexity index is 742. The fraction of sp³-hybridized carbons (Fsp3) is 0.200. The summed E-state index contributed by atoms with van der Waals surface area (Å²) >= 11 is 0. The van der Waals surface area contributed by atoms with Crippen LogP contribution in [0.1, 0.15) is 11.1 Å². The van der Waals surface area contributed by atoms with Crippen molar-refractivity contribution in [1.29, 1.82) is 0 Å². The second-order valence-electron chi connectivity index (χ2n) is 4.96. The van der Waals surface area contributed by atoms with Gasteiger partial charge in [0.25, 0.3) is 0 Å². The Balaban J connectivity index is 2.00. The van der Waals surface area contributed by atoms with E-state index in [2.05, 4.69) is 30.4 Å². The van der Waals surface area contributed by atoms with Gasteiger partial charge in [0.1, 0.15) is 4.90 Å². The first-order valence-electron chi connectivity index (χ1n) is 6.58. The molecule has 0 atom stereocenters. The monoisotopic (exact) mass is 305 g/mol. The van der Waals surface area contributed by atoms with Gasteiger partial charge in [0.2, 0.25) is 10.0 Å². The Hall–Kier alpha value is -2.05. The molecule has 2 aromatic carbocycles. The Morgan fingerprint density at radius 3 is 2.52 bits per heavy atom. The number of nitrogen functional groups attached to an aromatic ring is 1.